The van der Waals surface area contributed by atoms with Crippen molar-refractivity contribution in [2.75, 3.05) is 26.2 Å². The number of halogens is 1. The summed E-state index contributed by atoms with van der Waals surface area (Å²) < 4.78 is 27.1. The van der Waals surface area contributed by atoms with E-state index in [1.165, 1.54) is 18.2 Å². The topological polar surface area (TPSA) is 93.4 Å². The van der Waals surface area contributed by atoms with Crippen molar-refractivity contribution < 1.29 is 13.5 Å². The summed E-state index contributed by atoms with van der Waals surface area (Å²) in [5, 5.41) is 18.2. The lowest BCUT2D eigenvalue weighted by atomic mass is 10.0. The van der Waals surface area contributed by atoms with Crippen LogP contribution in [0, 0.1) is 11.3 Å². The number of aliphatic hydroxyl groups excluding tert-OH is 1. The van der Waals surface area contributed by atoms with E-state index in [-0.39, 0.29) is 22.6 Å². The second-order valence-electron chi connectivity index (χ2n) is 5.88. The normalized spacial score (nSPS) is 19.1. The molecular formula is C16H22ClN3O3S. The molecule has 0 aromatic heterocycles. The number of nitrogens with one attached hydrogen (secondary N) is 1. The first kappa shape index (κ1) is 19.2. The van der Waals surface area contributed by atoms with E-state index in [1.807, 2.05) is 6.07 Å². The van der Waals surface area contributed by atoms with E-state index < -0.39 is 10.0 Å². The number of hydrogen-bond donors (Lipinski definition) is 2. The number of rotatable bonds is 7. The van der Waals surface area contributed by atoms with Gasteiger partial charge in [-0.2, -0.15) is 5.26 Å². The second-order valence-corrected chi connectivity index (χ2v) is 8.02. The van der Waals surface area contributed by atoms with Crippen LogP contribution in [0.15, 0.2) is 23.1 Å². The summed E-state index contributed by atoms with van der Waals surface area (Å²) >= 11 is 5.96. The van der Waals surface area contributed by atoms with Crippen LogP contribution in [0.25, 0.3) is 0 Å². The van der Waals surface area contributed by atoms with Crippen LogP contribution in [0.2, 0.25) is 5.02 Å². The molecule has 8 heteroatoms. The Balaban J connectivity index is 1.88. The zero-order valence-corrected chi connectivity index (χ0v) is 15.0. The van der Waals surface area contributed by atoms with Gasteiger partial charge in [0.2, 0.25) is 10.0 Å². The molecule has 2 rings (SSSR count). The quantitative estimate of drug-likeness (QED) is 0.712. The van der Waals surface area contributed by atoms with Crippen molar-refractivity contribution in [1.82, 2.24) is 9.62 Å². The van der Waals surface area contributed by atoms with E-state index in [0.29, 0.717) is 18.5 Å². The highest BCUT2D eigenvalue weighted by molar-refractivity contribution is 7.89. The molecule has 0 aliphatic carbocycles. The lowest BCUT2D eigenvalue weighted by Gasteiger charge is -2.34. The average molecular weight is 372 g/mol. The number of nitriles is 1. The van der Waals surface area contributed by atoms with E-state index in [1.54, 1.807) is 0 Å². The number of piperidine rings is 1. The summed E-state index contributed by atoms with van der Waals surface area (Å²) in [7, 11) is -3.70. The first-order valence-corrected chi connectivity index (χ1v) is 9.88. The molecule has 132 valence electrons. The second kappa shape index (κ2) is 8.79. The van der Waals surface area contributed by atoms with Crippen molar-refractivity contribution in [3.05, 3.63) is 28.8 Å². The van der Waals surface area contributed by atoms with Gasteiger partial charge in [0.05, 0.1) is 23.3 Å². The predicted octanol–water partition coefficient (Wildman–Crippen LogP) is 1.73. The fourth-order valence-corrected chi connectivity index (χ4v) is 4.53. The minimum Gasteiger partial charge on any atom is -0.395 e. The SMILES string of the molecule is N#Cc1ccc(S(=O)(=O)NCCCN2CCCC[C@H]2CO)c(Cl)c1. The van der Waals surface area contributed by atoms with Crippen LogP contribution in [-0.4, -0.2) is 50.7 Å². The van der Waals surface area contributed by atoms with Gasteiger partial charge in [-0.1, -0.05) is 18.0 Å². The van der Waals surface area contributed by atoms with Crippen molar-refractivity contribution in [3.63, 3.8) is 0 Å². The lowest BCUT2D eigenvalue weighted by Crippen LogP contribution is -2.43. The standard InChI is InChI=1S/C16H22ClN3O3S/c17-15-10-13(11-18)5-6-16(15)24(22,23)19-7-3-9-20-8-2-1-4-14(20)12-21/h5-6,10,14,19,21H,1-4,7-9,12H2/t14-/m0/s1. The number of sulfonamides is 1. The number of aliphatic hydroxyl groups is 1. The van der Waals surface area contributed by atoms with Gasteiger partial charge in [-0.05, 0) is 50.6 Å². The number of benzene rings is 1. The molecule has 24 heavy (non-hydrogen) atoms. The van der Waals surface area contributed by atoms with Gasteiger partial charge in [0.1, 0.15) is 4.90 Å². The van der Waals surface area contributed by atoms with Crippen molar-refractivity contribution >= 4 is 21.6 Å². The largest absolute Gasteiger partial charge is 0.395 e. The van der Waals surface area contributed by atoms with Crippen LogP contribution in [0.3, 0.4) is 0 Å². The lowest BCUT2D eigenvalue weighted by molar-refractivity contribution is 0.0896. The summed E-state index contributed by atoms with van der Waals surface area (Å²) in [5.74, 6) is 0. The molecule has 1 aliphatic rings. The Kier molecular flexibility index (Phi) is 7.02. The van der Waals surface area contributed by atoms with Gasteiger partial charge in [-0.25, -0.2) is 13.1 Å². The Labute approximate surface area is 148 Å². The fourth-order valence-electron chi connectivity index (χ4n) is 2.92. The van der Waals surface area contributed by atoms with Crippen LogP contribution in [0.1, 0.15) is 31.2 Å². The predicted molar refractivity (Wildman–Crippen MR) is 92.3 cm³/mol. The van der Waals surface area contributed by atoms with Crippen molar-refractivity contribution in [2.24, 2.45) is 0 Å². The van der Waals surface area contributed by atoms with E-state index in [0.717, 1.165) is 32.4 Å². The molecule has 1 aromatic rings. The van der Waals surface area contributed by atoms with E-state index in [4.69, 9.17) is 16.9 Å². The molecule has 1 saturated heterocycles. The van der Waals surface area contributed by atoms with Gasteiger partial charge in [-0.3, -0.25) is 4.90 Å². The minimum absolute atomic E-state index is 0.0191. The van der Waals surface area contributed by atoms with E-state index in [9.17, 15) is 13.5 Å². The monoisotopic (exact) mass is 371 g/mol. The average Bonchev–Trinajstić information content (AvgIpc) is 2.58. The van der Waals surface area contributed by atoms with Gasteiger partial charge < -0.3 is 5.11 Å². The molecule has 0 bridgehead atoms. The summed E-state index contributed by atoms with van der Waals surface area (Å²) in [4.78, 5) is 2.20. The molecule has 1 aliphatic heterocycles. The fraction of sp³-hybridized carbons (Fsp3) is 0.562. The van der Waals surface area contributed by atoms with Crippen molar-refractivity contribution in [2.45, 2.75) is 36.6 Å². The van der Waals surface area contributed by atoms with Crippen LogP contribution < -0.4 is 4.72 Å². The molecular weight excluding hydrogens is 350 g/mol. The summed E-state index contributed by atoms with van der Waals surface area (Å²) in [6.07, 6.45) is 3.89. The molecule has 0 radical (unpaired) electrons. The molecule has 1 atom stereocenters. The third kappa shape index (κ3) is 4.91. The van der Waals surface area contributed by atoms with E-state index >= 15 is 0 Å². The van der Waals surface area contributed by atoms with Crippen LogP contribution >= 0.6 is 11.6 Å². The Bertz CT molecular complexity index is 703. The maximum atomic E-state index is 12.3. The third-order valence-electron chi connectivity index (χ3n) is 4.22. The van der Waals surface area contributed by atoms with Crippen LogP contribution in [0.4, 0.5) is 0 Å². The van der Waals surface area contributed by atoms with E-state index in [2.05, 4.69) is 9.62 Å². The molecule has 0 amide bonds. The molecule has 0 saturated carbocycles. The highest BCUT2D eigenvalue weighted by Crippen LogP contribution is 2.22. The van der Waals surface area contributed by atoms with Crippen LogP contribution in [-0.2, 0) is 10.0 Å². The first-order valence-electron chi connectivity index (χ1n) is 8.02. The number of likely N-dealkylation sites (tertiary alicyclic amines) is 1. The van der Waals surface area contributed by atoms with Gasteiger partial charge in [0, 0.05) is 12.6 Å². The van der Waals surface area contributed by atoms with Crippen LogP contribution in [0.5, 0.6) is 0 Å². The molecule has 6 nitrogen and oxygen atoms in total. The van der Waals surface area contributed by atoms with Crippen molar-refractivity contribution in [1.29, 1.82) is 5.26 Å². The molecule has 0 unspecified atom stereocenters. The maximum absolute atomic E-state index is 12.3. The third-order valence-corrected chi connectivity index (χ3v) is 6.17. The zero-order valence-electron chi connectivity index (χ0n) is 13.4. The smallest absolute Gasteiger partial charge is 0.242 e. The Morgan fingerprint density at radius 1 is 1.42 bits per heavy atom. The highest BCUT2D eigenvalue weighted by Gasteiger charge is 2.22. The molecule has 0 spiro atoms. The zero-order chi connectivity index (χ0) is 17.6. The highest BCUT2D eigenvalue weighted by atomic mass is 35.5. The summed E-state index contributed by atoms with van der Waals surface area (Å²) in [6, 6.07) is 6.22. The Morgan fingerprint density at radius 2 is 2.21 bits per heavy atom. The Morgan fingerprint density at radius 3 is 2.88 bits per heavy atom. The number of hydrogen-bond acceptors (Lipinski definition) is 5. The molecule has 1 aromatic carbocycles. The van der Waals surface area contributed by atoms with Gasteiger partial charge in [0.15, 0.2) is 0 Å². The molecule has 1 heterocycles. The summed E-state index contributed by atoms with van der Waals surface area (Å²) in [5.41, 5.74) is 0.319. The molecule has 2 N–H and O–H groups in total. The summed E-state index contributed by atoms with van der Waals surface area (Å²) in [6.45, 7) is 2.13. The molecule has 1 fully saturated rings. The van der Waals surface area contributed by atoms with Crippen molar-refractivity contribution in [3.8, 4) is 6.07 Å². The minimum atomic E-state index is -3.70. The Hall–Kier alpha value is -1.17. The van der Waals surface area contributed by atoms with Gasteiger partial charge in [-0.15, -0.1) is 0 Å². The maximum Gasteiger partial charge on any atom is 0.242 e. The van der Waals surface area contributed by atoms with Gasteiger partial charge >= 0.3 is 0 Å². The number of nitrogens with zero attached hydrogens (tertiary/aromatic N) is 2. The van der Waals surface area contributed by atoms with Gasteiger partial charge in [0.25, 0.3) is 0 Å². The first-order chi connectivity index (χ1) is 11.5.